The Morgan fingerprint density at radius 2 is 2.12 bits per heavy atom. The SMILES string of the molecule is CCn1c(-c2ccc(Cl)s2)nnc1S(=O)(=O)Cl. The molecule has 0 amide bonds. The van der Waals surface area contributed by atoms with Crippen LogP contribution in [-0.2, 0) is 15.6 Å². The zero-order valence-corrected chi connectivity index (χ0v) is 11.7. The van der Waals surface area contributed by atoms with Gasteiger partial charge in [0, 0.05) is 17.2 Å². The first-order valence-electron chi connectivity index (χ1n) is 4.57. The van der Waals surface area contributed by atoms with Crippen molar-refractivity contribution in [1.82, 2.24) is 14.8 Å². The normalized spacial score (nSPS) is 11.9. The summed E-state index contributed by atoms with van der Waals surface area (Å²) in [5.41, 5.74) is 0. The molecular formula is C8H7Cl2N3O2S2. The maximum atomic E-state index is 11.3. The lowest BCUT2D eigenvalue weighted by Gasteiger charge is -2.03. The molecular weight excluding hydrogens is 305 g/mol. The molecule has 0 aromatic carbocycles. The minimum atomic E-state index is -3.89. The summed E-state index contributed by atoms with van der Waals surface area (Å²) in [5, 5.41) is 7.19. The molecule has 0 aliphatic rings. The Kier molecular flexibility index (Phi) is 3.44. The fourth-order valence-corrected chi connectivity index (χ4v) is 3.37. The van der Waals surface area contributed by atoms with E-state index in [4.69, 9.17) is 22.3 Å². The predicted molar refractivity (Wildman–Crippen MR) is 67.1 cm³/mol. The molecule has 0 spiro atoms. The molecule has 0 fully saturated rings. The molecule has 0 radical (unpaired) electrons. The number of hydrogen-bond donors (Lipinski definition) is 0. The number of nitrogens with zero attached hydrogens (tertiary/aromatic N) is 3. The predicted octanol–water partition coefficient (Wildman–Crippen LogP) is 2.61. The zero-order chi connectivity index (χ0) is 12.6. The Labute approximate surface area is 111 Å². The van der Waals surface area contributed by atoms with Crippen LogP contribution >= 0.6 is 33.6 Å². The highest BCUT2D eigenvalue weighted by atomic mass is 35.7. The molecule has 0 aliphatic carbocycles. The van der Waals surface area contributed by atoms with Crippen LogP contribution in [0.3, 0.4) is 0 Å². The number of thiophene rings is 1. The van der Waals surface area contributed by atoms with Crippen LogP contribution in [0, 0.1) is 0 Å². The van der Waals surface area contributed by atoms with E-state index in [0.29, 0.717) is 16.7 Å². The van der Waals surface area contributed by atoms with Gasteiger partial charge in [-0.1, -0.05) is 11.6 Å². The van der Waals surface area contributed by atoms with Gasteiger partial charge in [0.2, 0.25) is 0 Å². The van der Waals surface area contributed by atoms with Crippen molar-refractivity contribution in [2.24, 2.45) is 0 Å². The van der Waals surface area contributed by atoms with Crippen molar-refractivity contribution in [2.75, 3.05) is 0 Å². The molecule has 2 rings (SSSR count). The molecule has 92 valence electrons. The summed E-state index contributed by atoms with van der Waals surface area (Å²) in [4.78, 5) is 0.746. The maximum absolute atomic E-state index is 11.3. The van der Waals surface area contributed by atoms with E-state index in [-0.39, 0.29) is 5.16 Å². The zero-order valence-electron chi connectivity index (χ0n) is 8.59. The summed E-state index contributed by atoms with van der Waals surface area (Å²) in [6, 6.07) is 3.47. The molecule has 2 aromatic heterocycles. The fourth-order valence-electron chi connectivity index (χ4n) is 1.37. The smallest absolute Gasteiger partial charge is 0.296 e. The Bertz CT molecular complexity index is 648. The first-order chi connectivity index (χ1) is 7.93. The van der Waals surface area contributed by atoms with Gasteiger partial charge in [-0.2, -0.15) is 0 Å². The van der Waals surface area contributed by atoms with Gasteiger partial charge < -0.3 is 0 Å². The van der Waals surface area contributed by atoms with Crippen LogP contribution in [0.4, 0.5) is 0 Å². The third-order valence-corrected chi connectivity index (χ3v) is 4.42. The molecule has 0 bridgehead atoms. The minimum absolute atomic E-state index is 0.249. The van der Waals surface area contributed by atoms with Crippen molar-refractivity contribution in [3.05, 3.63) is 16.5 Å². The molecule has 2 heterocycles. The first-order valence-corrected chi connectivity index (χ1v) is 8.07. The summed E-state index contributed by atoms with van der Waals surface area (Å²) in [5.74, 6) is 0.448. The van der Waals surface area contributed by atoms with Gasteiger partial charge in [-0.05, 0) is 19.1 Å². The van der Waals surface area contributed by atoms with Crippen molar-refractivity contribution in [2.45, 2.75) is 18.6 Å². The highest BCUT2D eigenvalue weighted by Crippen LogP contribution is 2.31. The summed E-state index contributed by atoms with van der Waals surface area (Å²) in [6.45, 7) is 2.19. The molecule has 5 nitrogen and oxygen atoms in total. The van der Waals surface area contributed by atoms with Crippen LogP contribution in [0.2, 0.25) is 4.34 Å². The Hall–Kier alpha value is -0.630. The summed E-state index contributed by atoms with van der Waals surface area (Å²) < 4.78 is 24.6. The van der Waals surface area contributed by atoms with E-state index in [0.717, 1.165) is 4.88 Å². The van der Waals surface area contributed by atoms with Gasteiger partial charge >= 0.3 is 0 Å². The lowest BCUT2D eigenvalue weighted by atomic mass is 10.4. The van der Waals surface area contributed by atoms with Gasteiger partial charge in [-0.3, -0.25) is 4.57 Å². The van der Waals surface area contributed by atoms with Gasteiger partial charge in [-0.15, -0.1) is 21.5 Å². The van der Waals surface area contributed by atoms with Gasteiger partial charge in [0.05, 0.1) is 9.21 Å². The first kappa shape index (κ1) is 12.8. The second-order valence-electron chi connectivity index (χ2n) is 3.09. The Balaban J connectivity index is 2.61. The van der Waals surface area contributed by atoms with Crippen molar-refractivity contribution < 1.29 is 8.42 Å². The molecule has 17 heavy (non-hydrogen) atoms. The monoisotopic (exact) mass is 311 g/mol. The number of aromatic nitrogens is 3. The van der Waals surface area contributed by atoms with E-state index < -0.39 is 9.05 Å². The summed E-state index contributed by atoms with van der Waals surface area (Å²) in [6.07, 6.45) is 0. The van der Waals surface area contributed by atoms with E-state index >= 15 is 0 Å². The largest absolute Gasteiger partial charge is 0.296 e. The summed E-state index contributed by atoms with van der Waals surface area (Å²) in [7, 11) is 1.38. The number of halogens is 2. The average Bonchev–Trinajstić information content (AvgIpc) is 2.81. The average molecular weight is 312 g/mol. The molecule has 9 heteroatoms. The van der Waals surface area contributed by atoms with Crippen LogP contribution < -0.4 is 0 Å². The third-order valence-electron chi connectivity index (χ3n) is 2.04. The van der Waals surface area contributed by atoms with E-state index in [9.17, 15) is 8.42 Å². The molecule has 0 saturated heterocycles. The highest BCUT2D eigenvalue weighted by Gasteiger charge is 2.22. The molecule has 0 saturated carbocycles. The van der Waals surface area contributed by atoms with Crippen molar-refractivity contribution >= 4 is 42.7 Å². The third kappa shape index (κ3) is 2.47. The van der Waals surface area contributed by atoms with Gasteiger partial charge in [0.25, 0.3) is 14.2 Å². The van der Waals surface area contributed by atoms with Crippen LogP contribution in [-0.4, -0.2) is 23.2 Å². The van der Waals surface area contributed by atoms with Crippen LogP contribution in [0.25, 0.3) is 10.7 Å². The molecule has 2 aromatic rings. The van der Waals surface area contributed by atoms with Crippen molar-refractivity contribution in [3.8, 4) is 10.7 Å². The Morgan fingerprint density at radius 3 is 2.59 bits per heavy atom. The van der Waals surface area contributed by atoms with E-state index in [2.05, 4.69) is 10.2 Å². The van der Waals surface area contributed by atoms with E-state index in [1.165, 1.54) is 15.9 Å². The van der Waals surface area contributed by atoms with Crippen molar-refractivity contribution in [1.29, 1.82) is 0 Å². The number of hydrogen-bond acceptors (Lipinski definition) is 5. The van der Waals surface area contributed by atoms with Crippen LogP contribution in [0.5, 0.6) is 0 Å². The van der Waals surface area contributed by atoms with Crippen LogP contribution in [0.15, 0.2) is 17.3 Å². The second-order valence-corrected chi connectivity index (χ2v) is 7.27. The van der Waals surface area contributed by atoms with Crippen LogP contribution in [0.1, 0.15) is 6.92 Å². The lowest BCUT2D eigenvalue weighted by Crippen LogP contribution is -2.05. The molecule has 0 unspecified atom stereocenters. The fraction of sp³-hybridized carbons (Fsp3) is 0.250. The molecule has 0 atom stereocenters. The topological polar surface area (TPSA) is 64.8 Å². The quantitative estimate of drug-likeness (QED) is 0.817. The van der Waals surface area contributed by atoms with Gasteiger partial charge in [-0.25, -0.2) is 8.42 Å². The van der Waals surface area contributed by atoms with E-state index in [1.807, 2.05) is 0 Å². The highest BCUT2D eigenvalue weighted by molar-refractivity contribution is 8.13. The molecule has 0 N–H and O–H groups in total. The standard InChI is InChI=1S/C8H7Cl2N3O2S2/c1-2-13-7(5-3-4-6(9)16-5)11-12-8(13)17(10,14)15/h3-4H,2H2,1H3. The lowest BCUT2D eigenvalue weighted by molar-refractivity contribution is 0.583. The van der Waals surface area contributed by atoms with Crippen molar-refractivity contribution in [3.63, 3.8) is 0 Å². The summed E-state index contributed by atoms with van der Waals surface area (Å²) >= 11 is 7.12. The Morgan fingerprint density at radius 1 is 1.41 bits per heavy atom. The van der Waals surface area contributed by atoms with E-state index in [1.54, 1.807) is 19.1 Å². The maximum Gasteiger partial charge on any atom is 0.296 e. The number of rotatable bonds is 3. The van der Waals surface area contributed by atoms with Gasteiger partial charge in [0.1, 0.15) is 0 Å². The second kappa shape index (κ2) is 4.56. The van der Waals surface area contributed by atoms with Gasteiger partial charge in [0.15, 0.2) is 5.82 Å². The minimum Gasteiger partial charge on any atom is -0.296 e. The molecule has 0 aliphatic heterocycles.